The van der Waals surface area contributed by atoms with Crippen LogP contribution in [0.3, 0.4) is 0 Å². The number of nitrogens with zero attached hydrogens (tertiary/aromatic N) is 3. The second-order valence-electron chi connectivity index (χ2n) is 7.29. The molecule has 0 aliphatic carbocycles. The second kappa shape index (κ2) is 11.4. The van der Waals surface area contributed by atoms with E-state index in [2.05, 4.69) is 60.6 Å². The summed E-state index contributed by atoms with van der Waals surface area (Å²) in [6.07, 6.45) is 4.48. The van der Waals surface area contributed by atoms with Gasteiger partial charge < -0.3 is 15.5 Å². The summed E-state index contributed by atoms with van der Waals surface area (Å²) in [6, 6.07) is 9.08. The Morgan fingerprint density at radius 2 is 1.89 bits per heavy atom. The van der Waals surface area contributed by atoms with E-state index in [1.807, 2.05) is 7.05 Å². The van der Waals surface area contributed by atoms with Crippen molar-refractivity contribution in [2.75, 3.05) is 30.4 Å². The Morgan fingerprint density at radius 3 is 2.57 bits per heavy atom. The maximum Gasteiger partial charge on any atom is 0.229 e. The first kappa shape index (κ1) is 24.5. The van der Waals surface area contributed by atoms with E-state index in [1.54, 1.807) is 0 Å². The molecule has 2 N–H and O–H groups in total. The number of halogens is 2. The molecule has 0 saturated carbocycles. The summed E-state index contributed by atoms with van der Waals surface area (Å²) in [5, 5.41) is 6.82. The van der Waals surface area contributed by atoms with Crippen LogP contribution in [0.5, 0.6) is 0 Å². The number of piperidine rings is 1. The van der Waals surface area contributed by atoms with Gasteiger partial charge in [-0.25, -0.2) is 4.98 Å². The van der Waals surface area contributed by atoms with Gasteiger partial charge >= 0.3 is 0 Å². The fraction of sp³-hybridized carbons (Fsp3) is 0.524. The Morgan fingerprint density at radius 1 is 1.11 bits per heavy atom. The van der Waals surface area contributed by atoms with Crippen molar-refractivity contribution in [3.63, 3.8) is 0 Å². The molecule has 0 radical (unpaired) electrons. The highest BCUT2D eigenvalue weighted by atomic mass is 35.5. The predicted molar refractivity (Wildman–Crippen MR) is 124 cm³/mol. The molecule has 1 fully saturated rings. The first-order valence-corrected chi connectivity index (χ1v) is 9.73. The molecular formula is C21H33Cl2N5. The highest BCUT2D eigenvalue weighted by Crippen LogP contribution is 2.23. The topological polar surface area (TPSA) is 53.1 Å². The molecule has 156 valence electrons. The molecule has 1 saturated heterocycles. The zero-order valence-corrected chi connectivity index (χ0v) is 18.9. The van der Waals surface area contributed by atoms with Gasteiger partial charge in [-0.2, -0.15) is 4.98 Å². The van der Waals surface area contributed by atoms with E-state index in [0.717, 1.165) is 43.1 Å². The minimum Gasteiger partial charge on any atom is -0.355 e. The van der Waals surface area contributed by atoms with Crippen LogP contribution in [0.25, 0.3) is 0 Å². The quantitative estimate of drug-likeness (QED) is 0.694. The zero-order valence-electron chi connectivity index (χ0n) is 17.3. The van der Waals surface area contributed by atoms with Gasteiger partial charge in [0.2, 0.25) is 5.95 Å². The number of hydrogen-bond acceptors (Lipinski definition) is 5. The molecule has 3 rings (SSSR count). The molecule has 1 unspecified atom stereocenters. The number of rotatable bonds is 6. The Balaban J connectivity index is 0.00000196. The number of aromatic nitrogens is 2. The van der Waals surface area contributed by atoms with Crippen LogP contribution >= 0.6 is 24.8 Å². The maximum atomic E-state index is 4.83. The van der Waals surface area contributed by atoms with E-state index < -0.39 is 0 Å². The lowest BCUT2D eigenvalue weighted by atomic mass is 10.1. The molecule has 1 aliphatic heterocycles. The smallest absolute Gasteiger partial charge is 0.229 e. The van der Waals surface area contributed by atoms with Crippen LogP contribution in [0.4, 0.5) is 17.5 Å². The second-order valence-corrected chi connectivity index (χ2v) is 7.29. The molecule has 1 aromatic carbocycles. The molecule has 7 heteroatoms. The van der Waals surface area contributed by atoms with Gasteiger partial charge in [0.25, 0.3) is 0 Å². The Labute approximate surface area is 181 Å². The van der Waals surface area contributed by atoms with Crippen molar-refractivity contribution < 1.29 is 0 Å². The Bertz CT molecular complexity index is 754. The average Bonchev–Trinajstić information content (AvgIpc) is 2.65. The van der Waals surface area contributed by atoms with Crippen LogP contribution in [-0.4, -0.2) is 36.1 Å². The SMILES string of the molecule is CCCc1cc(N2CCCC(NC)C2)nc(Nc2ccc(C)c(C)c2)n1.Cl.Cl. The molecular weight excluding hydrogens is 393 g/mol. The summed E-state index contributed by atoms with van der Waals surface area (Å²) < 4.78 is 0. The third-order valence-electron chi connectivity index (χ3n) is 5.19. The molecule has 5 nitrogen and oxygen atoms in total. The lowest BCUT2D eigenvalue weighted by Gasteiger charge is -2.33. The van der Waals surface area contributed by atoms with Crippen LogP contribution in [0, 0.1) is 13.8 Å². The lowest BCUT2D eigenvalue weighted by Crippen LogP contribution is -2.44. The predicted octanol–water partition coefficient (Wildman–Crippen LogP) is 4.82. The number of likely N-dealkylation sites (N-methyl/N-ethyl adjacent to an activating group) is 1. The Kier molecular flexibility index (Phi) is 10.0. The van der Waals surface area contributed by atoms with Crippen LogP contribution < -0.4 is 15.5 Å². The minimum atomic E-state index is 0. The standard InChI is InChI=1S/C21H31N5.2ClH/c1-5-7-17-13-20(26-11-6-8-19(14-26)22-4)25-21(23-17)24-18-10-9-15(2)16(3)12-18;;/h9-10,12-13,19,22H,5-8,11,14H2,1-4H3,(H,23,24,25);2*1H. The molecule has 0 spiro atoms. The van der Waals surface area contributed by atoms with E-state index in [0.29, 0.717) is 12.0 Å². The minimum absolute atomic E-state index is 0. The van der Waals surface area contributed by atoms with Gasteiger partial charge in [0.15, 0.2) is 0 Å². The summed E-state index contributed by atoms with van der Waals surface area (Å²) in [7, 11) is 2.05. The summed E-state index contributed by atoms with van der Waals surface area (Å²) in [5.41, 5.74) is 4.71. The van der Waals surface area contributed by atoms with Crippen molar-refractivity contribution >= 4 is 42.3 Å². The summed E-state index contributed by atoms with van der Waals surface area (Å²) in [5.74, 6) is 1.73. The van der Waals surface area contributed by atoms with E-state index in [4.69, 9.17) is 9.97 Å². The van der Waals surface area contributed by atoms with Crippen LogP contribution in [0.15, 0.2) is 24.3 Å². The van der Waals surface area contributed by atoms with E-state index >= 15 is 0 Å². The lowest BCUT2D eigenvalue weighted by molar-refractivity contribution is 0.447. The van der Waals surface area contributed by atoms with Crippen LogP contribution in [0.1, 0.15) is 43.0 Å². The number of nitrogens with one attached hydrogen (secondary N) is 2. The number of anilines is 3. The summed E-state index contributed by atoms with van der Waals surface area (Å²) >= 11 is 0. The van der Waals surface area contributed by atoms with Gasteiger partial charge in [0, 0.05) is 36.6 Å². The summed E-state index contributed by atoms with van der Waals surface area (Å²) in [4.78, 5) is 12.0. The van der Waals surface area contributed by atoms with Gasteiger partial charge in [-0.1, -0.05) is 19.4 Å². The van der Waals surface area contributed by atoms with Gasteiger partial charge in [0.1, 0.15) is 5.82 Å². The Hall–Kier alpha value is -1.56. The molecule has 0 bridgehead atoms. The fourth-order valence-corrected chi connectivity index (χ4v) is 3.45. The highest BCUT2D eigenvalue weighted by molar-refractivity contribution is 5.85. The van der Waals surface area contributed by atoms with Crippen LogP contribution in [0.2, 0.25) is 0 Å². The van der Waals surface area contributed by atoms with Gasteiger partial charge in [-0.15, -0.1) is 24.8 Å². The number of aryl methyl sites for hydroxylation is 3. The fourth-order valence-electron chi connectivity index (χ4n) is 3.45. The zero-order chi connectivity index (χ0) is 18.5. The summed E-state index contributed by atoms with van der Waals surface area (Å²) in [6.45, 7) is 8.51. The molecule has 1 aliphatic rings. The third kappa shape index (κ3) is 6.23. The monoisotopic (exact) mass is 425 g/mol. The molecule has 1 atom stereocenters. The molecule has 0 amide bonds. The normalized spacial score (nSPS) is 16.1. The molecule has 28 heavy (non-hydrogen) atoms. The third-order valence-corrected chi connectivity index (χ3v) is 5.19. The first-order valence-electron chi connectivity index (χ1n) is 9.73. The van der Waals surface area contributed by atoms with Crippen molar-refractivity contribution in [3.05, 3.63) is 41.1 Å². The molecule has 2 heterocycles. The van der Waals surface area contributed by atoms with Gasteiger partial charge in [0.05, 0.1) is 0 Å². The van der Waals surface area contributed by atoms with Crippen molar-refractivity contribution in [1.82, 2.24) is 15.3 Å². The maximum absolute atomic E-state index is 4.83. The van der Waals surface area contributed by atoms with E-state index in [-0.39, 0.29) is 24.8 Å². The largest absolute Gasteiger partial charge is 0.355 e. The molecule has 2 aromatic rings. The van der Waals surface area contributed by atoms with Crippen LogP contribution in [-0.2, 0) is 6.42 Å². The van der Waals surface area contributed by atoms with E-state index in [1.165, 1.54) is 24.0 Å². The number of benzene rings is 1. The van der Waals surface area contributed by atoms with Crippen molar-refractivity contribution in [3.8, 4) is 0 Å². The number of hydrogen-bond donors (Lipinski definition) is 2. The van der Waals surface area contributed by atoms with E-state index in [9.17, 15) is 0 Å². The average molecular weight is 426 g/mol. The molecule has 1 aromatic heterocycles. The van der Waals surface area contributed by atoms with Crippen molar-refractivity contribution in [2.24, 2.45) is 0 Å². The first-order chi connectivity index (χ1) is 12.6. The van der Waals surface area contributed by atoms with Gasteiger partial charge in [-0.3, -0.25) is 0 Å². The van der Waals surface area contributed by atoms with Crippen molar-refractivity contribution in [1.29, 1.82) is 0 Å². The highest BCUT2D eigenvalue weighted by Gasteiger charge is 2.20. The van der Waals surface area contributed by atoms with Gasteiger partial charge in [-0.05, 0) is 63.4 Å². The van der Waals surface area contributed by atoms with Crippen molar-refractivity contribution in [2.45, 2.75) is 52.5 Å².